The van der Waals surface area contributed by atoms with Crippen LogP contribution in [0.15, 0.2) is 16.5 Å². The molecule has 0 radical (unpaired) electrons. The Hall–Kier alpha value is -2.11. The smallest absolute Gasteiger partial charge is 0.229 e. The van der Waals surface area contributed by atoms with E-state index >= 15 is 0 Å². The maximum absolute atomic E-state index is 5.63. The zero-order valence-electron chi connectivity index (χ0n) is 13.5. The lowest BCUT2D eigenvalue weighted by Gasteiger charge is -2.16. The third-order valence-corrected chi connectivity index (χ3v) is 3.09. The van der Waals surface area contributed by atoms with Crippen molar-refractivity contribution in [3.05, 3.63) is 29.5 Å². The number of aromatic nitrogens is 3. The minimum absolute atomic E-state index is 0.00359. The van der Waals surface area contributed by atoms with Crippen molar-refractivity contribution < 1.29 is 4.42 Å². The molecule has 1 unspecified atom stereocenters. The van der Waals surface area contributed by atoms with Gasteiger partial charge in [-0.05, 0) is 26.0 Å². The highest BCUT2D eigenvalue weighted by Gasteiger charge is 2.15. The Bertz CT molecular complexity index is 580. The van der Waals surface area contributed by atoms with E-state index in [1.807, 2.05) is 45.0 Å². The Labute approximate surface area is 125 Å². The van der Waals surface area contributed by atoms with Gasteiger partial charge in [0.2, 0.25) is 11.9 Å². The average Bonchev–Trinajstić information content (AvgIpc) is 2.85. The molecule has 0 aliphatic carbocycles. The van der Waals surface area contributed by atoms with Crippen molar-refractivity contribution in [3.8, 4) is 0 Å². The molecule has 2 rings (SSSR count). The lowest BCUT2D eigenvalue weighted by Crippen LogP contribution is -2.18. The lowest BCUT2D eigenvalue weighted by atomic mass is 10.2. The van der Waals surface area contributed by atoms with Gasteiger partial charge in [0.25, 0.3) is 0 Å². The highest BCUT2D eigenvalue weighted by atomic mass is 16.3. The topological polar surface area (TPSA) is 67.1 Å². The summed E-state index contributed by atoms with van der Waals surface area (Å²) in [4.78, 5) is 15.3. The van der Waals surface area contributed by atoms with Crippen LogP contribution in [-0.4, -0.2) is 29.0 Å². The molecule has 0 aromatic carbocycles. The summed E-state index contributed by atoms with van der Waals surface area (Å²) < 4.78 is 5.63. The number of aryl methyl sites for hydroxylation is 1. The summed E-state index contributed by atoms with van der Waals surface area (Å²) >= 11 is 0. The Morgan fingerprint density at radius 3 is 2.33 bits per heavy atom. The highest BCUT2D eigenvalue weighted by Crippen LogP contribution is 2.21. The normalized spacial score (nSPS) is 12.5. The van der Waals surface area contributed by atoms with E-state index in [4.69, 9.17) is 4.42 Å². The lowest BCUT2D eigenvalue weighted by molar-refractivity contribution is 0.466. The Balaban J connectivity index is 2.26. The van der Waals surface area contributed by atoms with Crippen molar-refractivity contribution in [1.82, 2.24) is 15.0 Å². The average molecular weight is 289 g/mol. The number of hydrogen-bond acceptors (Lipinski definition) is 6. The first-order valence-electron chi connectivity index (χ1n) is 7.13. The summed E-state index contributed by atoms with van der Waals surface area (Å²) in [6.45, 7) is 8.09. The van der Waals surface area contributed by atoms with E-state index in [1.54, 1.807) is 0 Å². The molecule has 6 heteroatoms. The molecule has 0 amide bonds. The second-order valence-electron chi connectivity index (χ2n) is 5.68. The van der Waals surface area contributed by atoms with Gasteiger partial charge in [0.1, 0.15) is 17.3 Å². The second-order valence-corrected chi connectivity index (χ2v) is 5.68. The van der Waals surface area contributed by atoms with Gasteiger partial charge in [0.05, 0.1) is 6.04 Å². The number of nitrogens with zero attached hydrogens (tertiary/aromatic N) is 4. The Morgan fingerprint density at radius 2 is 1.81 bits per heavy atom. The third kappa shape index (κ3) is 3.71. The molecule has 0 aliphatic heterocycles. The molecule has 0 saturated carbocycles. The van der Waals surface area contributed by atoms with Crippen molar-refractivity contribution in [2.45, 2.75) is 39.7 Å². The SMILES string of the molecule is Cc1ccc(C(C)Nc2nc(C(C)C)nc(N(C)C)n2)o1. The van der Waals surface area contributed by atoms with Gasteiger partial charge in [0, 0.05) is 20.0 Å². The van der Waals surface area contributed by atoms with Crippen LogP contribution in [0, 0.1) is 6.92 Å². The summed E-state index contributed by atoms with van der Waals surface area (Å²) in [7, 11) is 3.84. The van der Waals surface area contributed by atoms with Crippen LogP contribution < -0.4 is 10.2 Å². The monoisotopic (exact) mass is 289 g/mol. The molecule has 2 heterocycles. The Kier molecular flexibility index (Phi) is 4.45. The van der Waals surface area contributed by atoms with Crippen LogP contribution in [0.25, 0.3) is 0 Å². The van der Waals surface area contributed by atoms with Crippen LogP contribution in [0.3, 0.4) is 0 Å². The fraction of sp³-hybridized carbons (Fsp3) is 0.533. The van der Waals surface area contributed by atoms with Crippen molar-refractivity contribution in [2.75, 3.05) is 24.3 Å². The molecule has 2 aromatic heterocycles. The van der Waals surface area contributed by atoms with Gasteiger partial charge in [-0.1, -0.05) is 13.8 Å². The summed E-state index contributed by atoms with van der Waals surface area (Å²) in [6.07, 6.45) is 0. The number of anilines is 2. The van der Waals surface area contributed by atoms with Gasteiger partial charge in [-0.25, -0.2) is 0 Å². The molecule has 1 atom stereocenters. The van der Waals surface area contributed by atoms with Crippen LogP contribution in [0.5, 0.6) is 0 Å². The highest BCUT2D eigenvalue weighted by molar-refractivity contribution is 5.37. The van der Waals surface area contributed by atoms with Crippen LogP contribution in [0.2, 0.25) is 0 Å². The van der Waals surface area contributed by atoms with Gasteiger partial charge >= 0.3 is 0 Å². The summed E-state index contributed by atoms with van der Waals surface area (Å²) in [5, 5.41) is 3.28. The molecule has 2 aromatic rings. The van der Waals surface area contributed by atoms with Crippen LogP contribution in [-0.2, 0) is 0 Å². The quantitative estimate of drug-likeness (QED) is 0.912. The van der Waals surface area contributed by atoms with E-state index in [9.17, 15) is 0 Å². The first-order valence-corrected chi connectivity index (χ1v) is 7.13. The predicted molar refractivity (Wildman–Crippen MR) is 83.7 cm³/mol. The summed E-state index contributed by atoms with van der Waals surface area (Å²) in [6, 6.07) is 3.91. The van der Waals surface area contributed by atoms with Gasteiger partial charge < -0.3 is 14.6 Å². The molecule has 6 nitrogen and oxygen atoms in total. The van der Waals surface area contributed by atoms with E-state index in [2.05, 4.69) is 34.1 Å². The fourth-order valence-electron chi connectivity index (χ4n) is 1.85. The summed E-state index contributed by atoms with van der Waals surface area (Å²) in [5.41, 5.74) is 0. The largest absolute Gasteiger partial charge is 0.464 e. The standard InChI is InChI=1S/C15H23N5O/c1-9(2)13-17-14(19-15(18-13)20(5)6)16-11(4)12-8-7-10(3)21-12/h7-9,11H,1-6H3,(H,16,17,18,19). The van der Waals surface area contributed by atoms with Gasteiger partial charge in [-0.2, -0.15) is 15.0 Å². The van der Waals surface area contributed by atoms with Crippen LogP contribution in [0.4, 0.5) is 11.9 Å². The maximum atomic E-state index is 5.63. The molecule has 0 bridgehead atoms. The molecule has 0 spiro atoms. The predicted octanol–water partition coefficient (Wildman–Crippen LogP) is 3.14. The minimum atomic E-state index is -0.00359. The van der Waals surface area contributed by atoms with Crippen molar-refractivity contribution in [2.24, 2.45) is 0 Å². The van der Waals surface area contributed by atoms with Crippen LogP contribution >= 0.6 is 0 Å². The molecular formula is C15H23N5O. The molecular weight excluding hydrogens is 266 g/mol. The molecule has 0 aliphatic rings. The van der Waals surface area contributed by atoms with E-state index in [1.165, 1.54) is 0 Å². The molecule has 0 fully saturated rings. The first-order chi connectivity index (χ1) is 9.86. The molecule has 1 N–H and O–H groups in total. The van der Waals surface area contributed by atoms with E-state index < -0.39 is 0 Å². The molecule has 21 heavy (non-hydrogen) atoms. The number of hydrogen-bond donors (Lipinski definition) is 1. The molecule has 114 valence electrons. The second kappa shape index (κ2) is 6.11. The third-order valence-electron chi connectivity index (χ3n) is 3.09. The van der Waals surface area contributed by atoms with E-state index in [0.717, 1.165) is 17.3 Å². The molecule has 0 saturated heterocycles. The summed E-state index contributed by atoms with van der Waals surface area (Å²) in [5.74, 6) is 4.00. The van der Waals surface area contributed by atoms with Gasteiger partial charge in [0.15, 0.2) is 0 Å². The fourth-order valence-corrected chi connectivity index (χ4v) is 1.85. The van der Waals surface area contributed by atoms with E-state index in [0.29, 0.717) is 11.9 Å². The number of nitrogens with one attached hydrogen (secondary N) is 1. The Morgan fingerprint density at radius 1 is 1.10 bits per heavy atom. The number of rotatable bonds is 5. The van der Waals surface area contributed by atoms with Crippen LogP contribution in [0.1, 0.15) is 50.1 Å². The first kappa shape index (κ1) is 15.3. The van der Waals surface area contributed by atoms with Gasteiger partial charge in [-0.3, -0.25) is 0 Å². The van der Waals surface area contributed by atoms with E-state index in [-0.39, 0.29) is 12.0 Å². The minimum Gasteiger partial charge on any atom is -0.464 e. The van der Waals surface area contributed by atoms with Crippen molar-refractivity contribution in [1.29, 1.82) is 0 Å². The number of furan rings is 1. The zero-order valence-corrected chi connectivity index (χ0v) is 13.5. The van der Waals surface area contributed by atoms with Crippen molar-refractivity contribution in [3.63, 3.8) is 0 Å². The van der Waals surface area contributed by atoms with Gasteiger partial charge in [-0.15, -0.1) is 0 Å². The van der Waals surface area contributed by atoms with Crippen molar-refractivity contribution >= 4 is 11.9 Å². The maximum Gasteiger partial charge on any atom is 0.229 e. The zero-order chi connectivity index (χ0) is 15.6.